The summed E-state index contributed by atoms with van der Waals surface area (Å²) >= 11 is 0. The molecule has 1 N–H and O–H groups in total. The molecule has 0 aliphatic heterocycles. The molecule has 0 saturated heterocycles. The third-order valence-electron chi connectivity index (χ3n) is 9.88. The van der Waals surface area contributed by atoms with E-state index in [1.807, 2.05) is 0 Å². The van der Waals surface area contributed by atoms with E-state index in [4.69, 9.17) is 5.73 Å². The molecule has 2 fully saturated rings. The van der Waals surface area contributed by atoms with Crippen LogP contribution < -0.4 is 103 Å². The number of nitrogens with one attached hydrogen (secondary N) is 1. The first-order valence-corrected chi connectivity index (χ1v) is 19.4. The van der Waals surface area contributed by atoms with Gasteiger partial charge in [-0.1, -0.05) is 169 Å². The van der Waals surface area contributed by atoms with Crippen molar-refractivity contribution in [3.8, 4) is 0 Å². The van der Waals surface area contributed by atoms with Crippen LogP contribution in [0.3, 0.4) is 0 Å². The van der Waals surface area contributed by atoms with E-state index in [0.717, 1.165) is 42.4 Å². The van der Waals surface area contributed by atoms with Gasteiger partial charge < -0.3 is 32.6 Å². The van der Waals surface area contributed by atoms with E-state index in [0.29, 0.717) is 0 Å². The van der Waals surface area contributed by atoms with E-state index in [2.05, 4.69) is 68.0 Å². The van der Waals surface area contributed by atoms with Gasteiger partial charge in [-0.3, -0.25) is 6.58 Å². The van der Waals surface area contributed by atoms with Crippen LogP contribution in [-0.2, 0) is 0 Å². The van der Waals surface area contributed by atoms with Gasteiger partial charge in [-0.05, 0) is 36.5 Å². The average Bonchev–Trinajstić information content (AvgIpc) is 3.32. The van der Waals surface area contributed by atoms with Crippen LogP contribution in [-0.4, -0.2) is 7.05 Å². The van der Waals surface area contributed by atoms with Gasteiger partial charge in [-0.25, -0.2) is 0 Å². The average molecular weight is 681 g/mol. The minimum Gasteiger partial charge on any atom is -0.680 e. The third-order valence-corrected chi connectivity index (χ3v) is 9.88. The molecule has 45 heavy (non-hydrogen) atoms. The molecule has 2 aliphatic carbocycles. The second-order valence-electron chi connectivity index (χ2n) is 13.3. The zero-order valence-corrected chi connectivity index (χ0v) is 39.3. The third kappa shape index (κ3) is 36.6. The predicted octanol–water partition coefficient (Wildman–Crippen LogP) is 9.46. The van der Waals surface area contributed by atoms with Crippen molar-refractivity contribution in [3.05, 3.63) is 39.2 Å². The molecule has 0 aromatic rings. The summed E-state index contributed by atoms with van der Waals surface area (Å²) in [6, 6.07) is 0. The molecular formula is C42H84K2N-3. The Morgan fingerprint density at radius 1 is 0.689 bits per heavy atom. The summed E-state index contributed by atoms with van der Waals surface area (Å²) in [7, 11) is 1.25. The molecule has 0 amide bonds. The predicted molar refractivity (Wildman–Crippen MR) is 201 cm³/mol. The maximum Gasteiger partial charge on any atom is 1.00 e. The van der Waals surface area contributed by atoms with Crippen LogP contribution in [0.25, 0.3) is 5.73 Å². The van der Waals surface area contributed by atoms with E-state index >= 15 is 0 Å². The van der Waals surface area contributed by atoms with Crippen molar-refractivity contribution >= 4 is 0 Å². The molecule has 0 aromatic heterocycles. The van der Waals surface area contributed by atoms with Crippen molar-refractivity contribution in [2.75, 3.05) is 7.05 Å². The van der Waals surface area contributed by atoms with Gasteiger partial charge in [-0.15, -0.1) is 0 Å². The minimum absolute atomic E-state index is 0. The Balaban J connectivity index is -0.000000167. The first-order chi connectivity index (χ1) is 21.1. The number of hydrogen-bond donors (Lipinski definition) is 0. The number of unbranched alkanes of at least 4 members (excludes halogenated alkanes) is 17. The molecule has 2 saturated carbocycles. The van der Waals surface area contributed by atoms with Gasteiger partial charge in [0, 0.05) is 0 Å². The molecule has 0 aromatic carbocycles. The van der Waals surface area contributed by atoms with Crippen molar-refractivity contribution in [1.82, 2.24) is 0 Å². The number of hydrogen-bond acceptors (Lipinski definition) is 0. The summed E-state index contributed by atoms with van der Waals surface area (Å²) in [4.78, 5) is 0. The molecule has 0 heterocycles. The zero-order chi connectivity index (χ0) is 33.0. The van der Waals surface area contributed by atoms with Crippen LogP contribution >= 0.6 is 0 Å². The Labute approximate surface area is 374 Å². The molecule has 1 nitrogen and oxygen atoms in total. The van der Waals surface area contributed by atoms with Crippen LogP contribution in [0.2, 0.25) is 0 Å². The van der Waals surface area contributed by atoms with Crippen molar-refractivity contribution in [1.29, 1.82) is 0 Å². The summed E-state index contributed by atoms with van der Waals surface area (Å²) < 4.78 is 0. The van der Waals surface area contributed by atoms with E-state index in [1.165, 1.54) is 148 Å². The van der Waals surface area contributed by atoms with E-state index in [1.54, 1.807) is 12.8 Å². The van der Waals surface area contributed by atoms with E-state index < -0.39 is 0 Å². The Morgan fingerprint density at radius 2 is 1.13 bits per heavy atom. The molecular weight excluding hydrogens is 597 g/mol. The molecule has 4 atom stereocenters. The Bertz CT molecular complexity index is 455. The molecule has 2 aliphatic rings. The van der Waals surface area contributed by atoms with Crippen molar-refractivity contribution < 1.29 is 103 Å². The van der Waals surface area contributed by atoms with Gasteiger partial charge in [0.15, 0.2) is 0 Å². The summed E-state index contributed by atoms with van der Waals surface area (Å²) in [5.41, 5.74) is 5.75. The fraction of sp³-hybridized carbons (Fsp3) is 0.881. The summed E-state index contributed by atoms with van der Waals surface area (Å²) in [5, 5.41) is 0. The minimum atomic E-state index is 0. The number of rotatable bonds is 23. The Morgan fingerprint density at radius 3 is 1.56 bits per heavy atom. The van der Waals surface area contributed by atoms with Crippen molar-refractivity contribution in [2.45, 2.75) is 202 Å². The molecule has 0 radical (unpaired) electrons. The maximum atomic E-state index is 5.75. The van der Waals surface area contributed by atoms with Crippen LogP contribution in [0.1, 0.15) is 202 Å². The molecule has 3 heteroatoms. The first-order valence-electron chi connectivity index (χ1n) is 19.4. The SMILES string of the molecule is CCC1CC2CCC(C)C12.C[NH-].[CH-]=C.[CH2-]CC(CCCCC)CCCCC.[CH2-]CCCCCC[CH-]CCCCCCCC.[K+].[K+]. The normalized spacial score (nSPS) is 18.9. The van der Waals surface area contributed by atoms with Gasteiger partial charge in [0.1, 0.15) is 0 Å². The first kappa shape index (κ1) is 57.3. The fourth-order valence-electron chi connectivity index (χ4n) is 7.07. The van der Waals surface area contributed by atoms with Crippen LogP contribution in [0.15, 0.2) is 6.58 Å². The van der Waals surface area contributed by atoms with Crippen LogP contribution in [0.5, 0.6) is 0 Å². The van der Waals surface area contributed by atoms with Crippen molar-refractivity contribution in [3.63, 3.8) is 0 Å². The Kier molecular flexibility index (Phi) is 62.5. The standard InChI is InChI=1S/C16H32.C13H27.C10H18.C2H3.CH4N.2K/c1-3-5-7-9-11-13-15-16-14-12-10-8-6-4-2;1-4-7-9-11-13(6-3)12-10-8-5-2;1-3-8-6-9-5-4-7(2)10(8)9;2*1-2;;/h15H,1,3-14,16H2,2H3;13H,3-12H2,1-2H3;7-10H,3-6H2,1-2H3;1H,2H2;2H,1H3;;/q-2;-1;;2*-1;2*+1. The van der Waals surface area contributed by atoms with E-state index in [9.17, 15) is 0 Å². The quantitative estimate of drug-likeness (QED) is 0.0583. The Hall–Kier alpha value is 2.97. The van der Waals surface area contributed by atoms with Gasteiger partial charge >= 0.3 is 103 Å². The topological polar surface area (TPSA) is 23.8 Å². The van der Waals surface area contributed by atoms with Crippen LogP contribution in [0, 0.1) is 56.4 Å². The monoisotopic (exact) mass is 681 g/mol. The molecule has 0 spiro atoms. The summed E-state index contributed by atoms with van der Waals surface area (Å²) in [6.45, 7) is 26.5. The van der Waals surface area contributed by atoms with E-state index in [-0.39, 0.29) is 103 Å². The second-order valence-corrected chi connectivity index (χ2v) is 13.3. The summed E-state index contributed by atoms with van der Waals surface area (Å²) in [5.74, 6) is 5.38. The molecule has 262 valence electrons. The molecule has 2 rings (SSSR count). The fourth-order valence-corrected chi connectivity index (χ4v) is 7.07. The second kappa shape index (κ2) is 49.1. The van der Waals surface area contributed by atoms with Crippen LogP contribution in [0.4, 0.5) is 0 Å². The smallest absolute Gasteiger partial charge is 0.680 e. The van der Waals surface area contributed by atoms with Gasteiger partial charge in [-0.2, -0.15) is 32.7 Å². The van der Waals surface area contributed by atoms with Crippen molar-refractivity contribution in [2.24, 2.45) is 29.6 Å². The van der Waals surface area contributed by atoms with Gasteiger partial charge in [0.05, 0.1) is 0 Å². The largest absolute Gasteiger partial charge is 1.00 e. The number of fused-ring (bicyclic) bond motifs is 1. The maximum absolute atomic E-state index is 5.75. The molecule has 0 bridgehead atoms. The molecule has 4 unspecified atom stereocenters. The van der Waals surface area contributed by atoms with Gasteiger partial charge in [0.25, 0.3) is 0 Å². The summed E-state index contributed by atoms with van der Waals surface area (Å²) in [6.07, 6.45) is 38.7. The zero-order valence-electron chi connectivity index (χ0n) is 33.0. The van der Waals surface area contributed by atoms with Gasteiger partial charge in [0.2, 0.25) is 0 Å².